The molecule has 0 saturated heterocycles. The van der Waals surface area contributed by atoms with E-state index in [2.05, 4.69) is 17.2 Å². The molecule has 0 radical (unpaired) electrons. The van der Waals surface area contributed by atoms with Crippen LogP contribution in [-0.2, 0) is 6.54 Å². The summed E-state index contributed by atoms with van der Waals surface area (Å²) in [6.45, 7) is 3.54. The van der Waals surface area contributed by atoms with Crippen LogP contribution in [0.1, 0.15) is 18.2 Å². The number of nitrogens with zero attached hydrogens (tertiary/aromatic N) is 1. The fraction of sp³-hybridized carbons (Fsp3) is 0.308. The van der Waals surface area contributed by atoms with Crippen molar-refractivity contribution in [1.29, 1.82) is 0 Å². The first kappa shape index (κ1) is 12.7. The maximum atomic E-state index is 5.85. The van der Waals surface area contributed by atoms with Crippen LogP contribution in [0.2, 0.25) is 0 Å². The van der Waals surface area contributed by atoms with Crippen molar-refractivity contribution >= 4 is 22.7 Å². The number of nitrogens with two attached hydrogens (primary N) is 1. The van der Waals surface area contributed by atoms with Gasteiger partial charge in [0.05, 0.1) is 18.7 Å². The summed E-state index contributed by atoms with van der Waals surface area (Å²) in [6.07, 6.45) is 2.84. The molecule has 0 amide bonds. The lowest BCUT2D eigenvalue weighted by molar-refractivity contribution is 0.318. The lowest BCUT2D eigenvalue weighted by Gasteiger charge is -2.10. The van der Waals surface area contributed by atoms with E-state index < -0.39 is 0 Å². The van der Waals surface area contributed by atoms with E-state index in [1.165, 1.54) is 4.88 Å². The molecule has 5 heteroatoms. The van der Waals surface area contributed by atoms with Gasteiger partial charge in [-0.3, -0.25) is 4.98 Å². The van der Waals surface area contributed by atoms with E-state index >= 15 is 0 Å². The second-order valence-electron chi connectivity index (χ2n) is 3.96. The molecule has 0 unspecified atom stereocenters. The van der Waals surface area contributed by atoms with E-state index in [9.17, 15) is 0 Å². The average Bonchev–Trinajstić information content (AvgIpc) is 2.86. The molecule has 0 aliphatic rings. The van der Waals surface area contributed by atoms with E-state index in [0.29, 0.717) is 12.3 Å². The average molecular weight is 263 g/mol. The molecule has 4 nitrogen and oxygen atoms in total. The van der Waals surface area contributed by atoms with Crippen LogP contribution >= 0.6 is 11.3 Å². The van der Waals surface area contributed by atoms with Gasteiger partial charge in [0, 0.05) is 34.6 Å². The Bertz CT molecular complexity index is 485. The Balaban J connectivity index is 2.00. The zero-order valence-corrected chi connectivity index (χ0v) is 11.2. The molecule has 2 rings (SSSR count). The molecule has 1 aromatic heterocycles. The number of aromatic nitrogens is 1. The van der Waals surface area contributed by atoms with Crippen molar-refractivity contribution in [3.8, 4) is 5.75 Å². The zero-order valence-electron chi connectivity index (χ0n) is 10.3. The van der Waals surface area contributed by atoms with Crippen molar-refractivity contribution in [2.75, 3.05) is 17.7 Å². The molecule has 0 aliphatic carbocycles. The highest BCUT2D eigenvalue weighted by atomic mass is 32.1. The van der Waals surface area contributed by atoms with Gasteiger partial charge >= 0.3 is 0 Å². The Morgan fingerprint density at radius 2 is 2.28 bits per heavy atom. The maximum absolute atomic E-state index is 5.85. The maximum Gasteiger partial charge on any atom is 0.123 e. The quantitative estimate of drug-likeness (QED) is 0.786. The smallest absolute Gasteiger partial charge is 0.123 e. The van der Waals surface area contributed by atoms with Crippen LogP contribution in [0.5, 0.6) is 5.75 Å². The predicted molar refractivity (Wildman–Crippen MR) is 76.1 cm³/mol. The second-order valence-corrected chi connectivity index (χ2v) is 4.93. The molecular formula is C13H17N3OS. The Kier molecular flexibility index (Phi) is 4.41. The number of nitrogen functional groups attached to an aromatic ring is 1. The molecule has 1 heterocycles. The van der Waals surface area contributed by atoms with E-state index in [1.807, 2.05) is 29.9 Å². The summed E-state index contributed by atoms with van der Waals surface area (Å²) >= 11 is 1.63. The molecule has 0 spiro atoms. The minimum atomic E-state index is 0.704. The van der Waals surface area contributed by atoms with E-state index in [4.69, 9.17) is 10.5 Å². The first-order valence-electron chi connectivity index (χ1n) is 5.92. The highest BCUT2D eigenvalue weighted by Crippen LogP contribution is 2.23. The van der Waals surface area contributed by atoms with Crippen LogP contribution in [0.15, 0.2) is 29.9 Å². The van der Waals surface area contributed by atoms with Crippen LogP contribution in [0.4, 0.5) is 11.4 Å². The Labute approximate surface area is 111 Å². The molecule has 0 atom stereocenters. The number of hydrogen-bond donors (Lipinski definition) is 2. The summed E-state index contributed by atoms with van der Waals surface area (Å²) in [6, 6.07) is 5.71. The second kappa shape index (κ2) is 6.26. The Morgan fingerprint density at radius 1 is 1.39 bits per heavy atom. The normalized spacial score (nSPS) is 10.3. The third-order valence-corrected chi connectivity index (χ3v) is 3.13. The predicted octanol–water partition coefficient (Wildman–Crippen LogP) is 3.13. The van der Waals surface area contributed by atoms with Crippen molar-refractivity contribution in [3.05, 3.63) is 34.8 Å². The molecule has 3 N–H and O–H groups in total. The molecule has 1 aromatic carbocycles. The number of ether oxygens (including phenoxy) is 1. The van der Waals surface area contributed by atoms with E-state index in [-0.39, 0.29) is 0 Å². The number of anilines is 2. The van der Waals surface area contributed by atoms with Crippen molar-refractivity contribution in [2.24, 2.45) is 0 Å². The first-order valence-corrected chi connectivity index (χ1v) is 6.80. The van der Waals surface area contributed by atoms with Crippen LogP contribution in [0, 0.1) is 0 Å². The van der Waals surface area contributed by atoms with E-state index in [0.717, 1.165) is 24.4 Å². The summed E-state index contributed by atoms with van der Waals surface area (Å²) in [4.78, 5) is 5.23. The van der Waals surface area contributed by atoms with Gasteiger partial charge in [0.1, 0.15) is 5.75 Å². The van der Waals surface area contributed by atoms with Crippen molar-refractivity contribution in [2.45, 2.75) is 19.9 Å². The Morgan fingerprint density at radius 3 is 3.00 bits per heavy atom. The van der Waals surface area contributed by atoms with Gasteiger partial charge in [0.25, 0.3) is 0 Å². The van der Waals surface area contributed by atoms with Gasteiger partial charge in [-0.25, -0.2) is 0 Å². The van der Waals surface area contributed by atoms with Crippen LogP contribution < -0.4 is 15.8 Å². The number of thiazole rings is 1. The first-order chi connectivity index (χ1) is 8.78. The van der Waals surface area contributed by atoms with Gasteiger partial charge in [-0.1, -0.05) is 6.92 Å². The molecule has 0 saturated carbocycles. The monoisotopic (exact) mass is 263 g/mol. The summed E-state index contributed by atoms with van der Waals surface area (Å²) in [7, 11) is 0. The fourth-order valence-corrected chi connectivity index (χ4v) is 2.08. The lowest BCUT2D eigenvalue weighted by atomic mass is 10.2. The van der Waals surface area contributed by atoms with Gasteiger partial charge in [-0.15, -0.1) is 11.3 Å². The highest BCUT2D eigenvalue weighted by molar-refractivity contribution is 7.09. The van der Waals surface area contributed by atoms with Gasteiger partial charge in [-0.2, -0.15) is 0 Å². The van der Waals surface area contributed by atoms with E-state index in [1.54, 1.807) is 11.3 Å². The molecule has 0 fully saturated rings. The third kappa shape index (κ3) is 3.63. The fourth-order valence-electron chi connectivity index (χ4n) is 1.55. The minimum Gasteiger partial charge on any atom is -0.493 e. The lowest BCUT2D eigenvalue weighted by Crippen LogP contribution is -2.01. The highest BCUT2D eigenvalue weighted by Gasteiger charge is 2.01. The molecule has 2 aromatic rings. The third-order valence-electron chi connectivity index (χ3n) is 2.35. The topological polar surface area (TPSA) is 60.2 Å². The Hall–Kier alpha value is -1.75. The van der Waals surface area contributed by atoms with Gasteiger partial charge < -0.3 is 15.8 Å². The van der Waals surface area contributed by atoms with Gasteiger partial charge in [0.15, 0.2) is 0 Å². The number of nitrogens with one attached hydrogen (secondary N) is 1. The van der Waals surface area contributed by atoms with Crippen LogP contribution in [-0.4, -0.2) is 11.6 Å². The van der Waals surface area contributed by atoms with Crippen LogP contribution in [0.3, 0.4) is 0 Å². The summed E-state index contributed by atoms with van der Waals surface area (Å²) in [5.41, 5.74) is 9.35. The SMILES string of the molecule is CCCOc1cc(N)cc(NCc2cncs2)c1. The molecule has 0 aliphatic heterocycles. The van der Waals surface area contributed by atoms with Crippen molar-refractivity contribution in [1.82, 2.24) is 4.98 Å². The number of benzene rings is 1. The molecule has 96 valence electrons. The standard InChI is InChI=1S/C13H17N3OS/c1-2-3-17-12-5-10(14)4-11(6-12)16-8-13-7-15-9-18-13/h4-7,9,16H,2-3,8,14H2,1H3. The van der Waals surface area contributed by atoms with Crippen LogP contribution in [0.25, 0.3) is 0 Å². The van der Waals surface area contributed by atoms with Gasteiger partial charge in [-0.05, 0) is 12.5 Å². The van der Waals surface area contributed by atoms with Gasteiger partial charge in [0.2, 0.25) is 0 Å². The van der Waals surface area contributed by atoms with Crippen molar-refractivity contribution in [3.63, 3.8) is 0 Å². The summed E-state index contributed by atoms with van der Waals surface area (Å²) in [5, 5.41) is 3.32. The molecule has 18 heavy (non-hydrogen) atoms. The minimum absolute atomic E-state index is 0.704. The number of rotatable bonds is 6. The zero-order chi connectivity index (χ0) is 12.8. The summed E-state index contributed by atoms with van der Waals surface area (Å²) in [5.74, 6) is 0.809. The molecule has 0 bridgehead atoms. The summed E-state index contributed by atoms with van der Waals surface area (Å²) < 4.78 is 5.58. The molecular weight excluding hydrogens is 246 g/mol. The largest absolute Gasteiger partial charge is 0.493 e. The number of hydrogen-bond acceptors (Lipinski definition) is 5. The van der Waals surface area contributed by atoms with Crippen molar-refractivity contribution < 1.29 is 4.74 Å².